The minimum atomic E-state index is 0.0260. The third kappa shape index (κ3) is 4.98. The van der Waals surface area contributed by atoms with Crippen molar-refractivity contribution in [1.29, 1.82) is 0 Å². The number of hydrogen-bond donors (Lipinski definition) is 1. The highest BCUT2D eigenvalue weighted by Crippen LogP contribution is 2.21. The van der Waals surface area contributed by atoms with Crippen LogP contribution in [-0.4, -0.2) is 49.1 Å². The summed E-state index contributed by atoms with van der Waals surface area (Å²) in [4.78, 5) is 17.0. The van der Waals surface area contributed by atoms with Crippen LogP contribution >= 0.6 is 0 Å². The average molecular weight is 354 g/mol. The van der Waals surface area contributed by atoms with Crippen molar-refractivity contribution in [2.24, 2.45) is 5.92 Å². The molecule has 2 aromatic rings. The van der Waals surface area contributed by atoms with Crippen molar-refractivity contribution in [3.63, 3.8) is 0 Å². The topological polar surface area (TPSA) is 35.6 Å². The Hall–Kier alpha value is -2.07. The smallest absolute Gasteiger partial charge is 0.321 e. The number of nitrogens with one attached hydrogen (secondary N) is 1. The van der Waals surface area contributed by atoms with Crippen LogP contribution in [0.2, 0.25) is 0 Å². The Bertz CT molecular complexity index is 722. The van der Waals surface area contributed by atoms with Gasteiger partial charge in [-0.25, -0.2) is 4.79 Å². The number of urea groups is 1. The Kier molecular flexibility index (Phi) is 6.51. The summed E-state index contributed by atoms with van der Waals surface area (Å²) in [5.74, 6) is 0.710. The molecule has 4 heteroatoms. The number of fused-ring (bicyclic) bond motifs is 1. The van der Waals surface area contributed by atoms with E-state index in [0.29, 0.717) is 5.92 Å². The Morgan fingerprint density at radius 3 is 2.62 bits per heavy atom. The molecule has 1 N–H and O–H groups in total. The van der Waals surface area contributed by atoms with Crippen molar-refractivity contribution >= 4 is 22.5 Å². The molecular weight excluding hydrogens is 322 g/mol. The standard InChI is InChI=1S/C22H31N3O/c1-3-4-13-24(2)17-18-11-14-25(15-12-18)22(26)23-21-10-9-19-7-5-6-8-20(19)16-21/h5-10,16,18H,3-4,11-15,17H2,1-2H3,(H,23,26). The fourth-order valence-corrected chi connectivity index (χ4v) is 3.75. The van der Waals surface area contributed by atoms with E-state index < -0.39 is 0 Å². The second-order valence-electron chi connectivity index (χ2n) is 7.54. The lowest BCUT2D eigenvalue weighted by molar-refractivity contribution is 0.163. The third-order valence-corrected chi connectivity index (χ3v) is 5.37. The van der Waals surface area contributed by atoms with E-state index in [1.165, 1.54) is 24.8 Å². The van der Waals surface area contributed by atoms with E-state index in [0.717, 1.165) is 43.5 Å². The summed E-state index contributed by atoms with van der Waals surface area (Å²) in [7, 11) is 2.22. The molecule has 0 unspecified atom stereocenters. The molecule has 140 valence electrons. The zero-order valence-electron chi connectivity index (χ0n) is 16.1. The van der Waals surface area contributed by atoms with Gasteiger partial charge in [-0.2, -0.15) is 0 Å². The van der Waals surface area contributed by atoms with Crippen LogP contribution in [0.3, 0.4) is 0 Å². The number of amides is 2. The van der Waals surface area contributed by atoms with Crippen LogP contribution in [0.25, 0.3) is 10.8 Å². The molecule has 1 aliphatic rings. The molecular formula is C22H31N3O. The highest BCUT2D eigenvalue weighted by Gasteiger charge is 2.23. The van der Waals surface area contributed by atoms with Crippen molar-refractivity contribution in [1.82, 2.24) is 9.80 Å². The average Bonchev–Trinajstić information content (AvgIpc) is 2.67. The van der Waals surface area contributed by atoms with Gasteiger partial charge in [0, 0.05) is 25.3 Å². The molecule has 3 rings (SSSR count). The lowest BCUT2D eigenvalue weighted by atomic mass is 9.96. The fraction of sp³-hybridized carbons (Fsp3) is 0.500. The van der Waals surface area contributed by atoms with Gasteiger partial charge in [-0.1, -0.05) is 43.7 Å². The molecule has 0 radical (unpaired) electrons. The van der Waals surface area contributed by atoms with Crippen molar-refractivity contribution in [2.75, 3.05) is 38.5 Å². The molecule has 4 nitrogen and oxygen atoms in total. The van der Waals surface area contributed by atoms with Crippen molar-refractivity contribution in [3.05, 3.63) is 42.5 Å². The van der Waals surface area contributed by atoms with Gasteiger partial charge in [-0.15, -0.1) is 0 Å². The highest BCUT2D eigenvalue weighted by atomic mass is 16.2. The summed E-state index contributed by atoms with van der Waals surface area (Å²) in [5.41, 5.74) is 0.870. The van der Waals surface area contributed by atoms with Crippen molar-refractivity contribution < 1.29 is 4.79 Å². The summed E-state index contributed by atoms with van der Waals surface area (Å²) in [5, 5.41) is 5.41. The van der Waals surface area contributed by atoms with Crippen LogP contribution in [0.5, 0.6) is 0 Å². The number of carbonyl (C=O) groups is 1. The van der Waals surface area contributed by atoms with Gasteiger partial charge < -0.3 is 15.1 Å². The summed E-state index contributed by atoms with van der Waals surface area (Å²) < 4.78 is 0. The Morgan fingerprint density at radius 2 is 1.88 bits per heavy atom. The van der Waals surface area contributed by atoms with E-state index in [4.69, 9.17) is 0 Å². The monoisotopic (exact) mass is 353 g/mol. The quantitative estimate of drug-likeness (QED) is 0.808. The number of likely N-dealkylation sites (tertiary alicyclic amines) is 1. The predicted molar refractivity (Wildman–Crippen MR) is 110 cm³/mol. The van der Waals surface area contributed by atoms with Gasteiger partial charge in [-0.3, -0.25) is 0 Å². The lowest BCUT2D eigenvalue weighted by Gasteiger charge is -2.34. The number of anilines is 1. The number of carbonyl (C=O) groups excluding carboxylic acids is 1. The summed E-state index contributed by atoms with van der Waals surface area (Å²) in [6.07, 6.45) is 4.71. The van der Waals surface area contributed by atoms with E-state index in [2.05, 4.69) is 42.4 Å². The fourth-order valence-electron chi connectivity index (χ4n) is 3.75. The number of nitrogens with zero attached hydrogens (tertiary/aromatic N) is 2. The molecule has 1 heterocycles. The molecule has 0 atom stereocenters. The first kappa shape index (κ1) is 18.7. The Balaban J connectivity index is 1.48. The highest BCUT2D eigenvalue weighted by molar-refractivity contribution is 5.93. The van der Waals surface area contributed by atoms with Crippen molar-refractivity contribution in [2.45, 2.75) is 32.6 Å². The van der Waals surface area contributed by atoms with Gasteiger partial charge in [0.2, 0.25) is 0 Å². The first-order valence-electron chi connectivity index (χ1n) is 9.89. The Labute approximate surface area is 157 Å². The molecule has 0 aromatic heterocycles. The summed E-state index contributed by atoms with van der Waals surface area (Å²) in [6.45, 7) is 6.27. The van der Waals surface area contributed by atoms with Crippen LogP contribution in [-0.2, 0) is 0 Å². The zero-order chi connectivity index (χ0) is 18.4. The molecule has 0 spiro atoms. The van der Waals surface area contributed by atoms with E-state index in [1.807, 2.05) is 29.2 Å². The van der Waals surface area contributed by atoms with E-state index in [1.54, 1.807) is 0 Å². The minimum Gasteiger partial charge on any atom is -0.325 e. The van der Waals surface area contributed by atoms with Crippen LogP contribution < -0.4 is 5.32 Å². The maximum Gasteiger partial charge on any atom is 0.321 e. The molecule has 0 saturated carbocycles. The zero-order valence-corrected chi connectivity index (χ0v) is 16.1. The number of piperidine rings is 1. The van der Waals surface area contributed by atoms with Gasteiger partial charge in [0.1, 0.15) is 0 Å². The van der Waals surface area contributed by atoms with Crippen LogP contribution in [0, 0.1) is 5.92 Å². The molecule has 2 amide bonds. The first-order chi connectivity index (χ1) is 12.7. The molecule has 1 aliphatic heterocycles. The van der Waals surface area contributed by atoms with Gasteiger partial charge in [0.05, 0.1) is 0 Å². The van der Waals surface area contributed by atoms with Gasteiger partial charge in [0.25, 0.3) is 0 Å². The summed E-state index contributed by atoms with van der Waals surface area (Å²) >= 11 is 0. The molecule has 0 aliphatic carbocycles. The van der Waals surface area contributed by atoms with Crippen LogP contribution in [0.1, 0.15) is 32.6 Å². The number of benzene rings is 2. The van der Waals surface area contributed by atoms with E-state index in [9.17, 15) is 4.79 Å². The molecule has 26 heavy (non-hydrogen) atoms. The number of unbranched alkanes of at least 4 members (excludes halogenated alkanes) is 1. The van der Waals surface area contributed by atoms with Gasteiger partial charge in [-0.05, 0) is 61.7 Å². The lowest BCUT2D eigenvalue weighted by Crippen LogP contribution is -2.43. The summed E-state index contributed by atoms with van der Waals surface area (Å²) in [6, 6.07) is 14.3. The third-order valence-electron chi connectivity index (χ3n) is 5.37. The minimum absolute atomic E-state index is 0.0260. The van der Waals surface area contributed by atoms with Crippen LogP contribution in [0.15, 0.2) is 42.5 Å². The van der Waals surface area contributed by atoms with Crippen molar-refractivity contribution in [3.8, 4) is 0 Å². The molecule has 1 fully saturated rings. The number of hydrogen-bond acceptors (Lipinski definition) is 2. The largest absolute Gasteiger partial charge is 0.325 e. The van der Waals surface area contributed by atoms with Gasteiger partial charge in [0.15, 0.2) is 0 Å². The van der Waals surface area contributed by atoms with Gasteiger partial charge >= 0.3 is 6.03 Å². The molecule has 2 aromatic carbocycles. The Morgan fingerprint density at radius 1 is 1.15 bits per heavy atom. The molecule has 1 saturated heterocycles. The number of rotatable bonds is 6. The maximum atomic E-state index is 12.6. The maximum absolute atomic E-state index is 12.6. The molecule has 0 bridgehead atoms. The van der Waals surface area contributed by atoms with Crippen LogP contribution in [0.4, 0.5) is 10.5 Å². The SMILES string of the molecule is CCCCN(C)CC1CCN(C(=O)Nc2ccc3ccccc3c2)CC1. The predicted octanol–water partition coefficient (Wildman–Crippen LogP) is 4.82. The second-order valence-corrected chi connectivity index (χ2v) is 7.54. The van der Waals surface area contributed by atoms with E-state index >= 15 is 0 Å². The van der Waals surface area contributed by atoms with E-state index in [-0.39, 0.29) is 6.03 Å². The first-order valence-corrected chi connectivity index (χ1v) is 9.89. The normalized spacial score (nSPS) is 15.6. The second kappa shape index (κ2) is 9.04.